The second kappa shape index (κ2) is 5.76. The van der Waals surface area contributed by atoms with E-state index in [-0.39, 0.29) is 21.2 Å². The quantitative estimate of drug-likeness (QED) is 0.878. The number of benzene rings is 1. The first kappa shape index (κ1) is 17.1. The van der Waals surface area contributed by atoms with Crippen molar-refractivity contribution in [2.24, 2.45) is 0 Å². The van der Waals surface area contributed by atoms with Gasteiger partial charge in [0.2, 0.25) is 0 Å². The van der Waals surface area contributed by atoms with Crippen molar-refractivity contribution in [1.82, 2.24) is 5.16 Å². The normalized spacial score (nSPS) is 12.5. The van der Waals surface area contributed by atoms with Crippen molar-refractivity contribution < 1.29 is 12.9 Å². The summed E-state index contributed by atoms with van der Waals surface area (Å²) in [6.07, 6.45) is 0. The molecule has 0 saturated carbocycles. The molecule has 22 heavy (non-hydrogen) atoms. The fourth-order valence-electron chi connectivity index (χ4n) is 1.71. The fourth-order valence-corrected chi connectivity index (χ4v) is 3.52. The maximum absolute atomic E-state index is 12.4. The highest BCUT2D eigenvalue weighted by Crippen LogP contribution is 2.30. The molecule has 1 N–H and O–H groups in total. The van der Waals surface area contributed by atoms with Crippen LogP contribution in [-0.2, 0) is 15.4 Å². The molecule has 0 saturated heterocycles. The van der Waals surface area contributed by atoms with Gasteiger partial charge in [-0.05, 0) is 24.6 Å². The Morgan fingerprint density at radius 2 is 1.77 bits per heavy atom. The molecule has 0 aliphatic carbocycles. The van der Waals surface area contributed by atoms with Crippen LogP contribution in [0.3, 0.4) is 0 Å². The van der Waals surface area contributed by atoms with E-state index in [0.29, 0.717) is 16.3 Å². The van der Waals surface area contributed by atoms with Crippen molar-refractivity contribution in [1.29, 1.82) is 0 Å². The smallest absolute Gasteiger partial charge is 0.264 e. The number of aromatic nitrogens is 1. The van der Waals surface area contributed by atoms with E-state index in [1.807, 2.05) is 20.8 Å². The van der Waals surface area contributed by atoms with Crippen molar-refractivity contribution in [2.75, 3.05) is 4.72 Å². The molecule has 0 aliphatic heterocycles. The van der Waals surface area contributed by atoms with Gasteiger partial charge in [0.15, 0.2) is 5.82 Å². The third-order valence-electron chi connectivity index (χ3n) is 2.99. The first-order chi connectivity index (χ1) is 10.0. The van der Waals surface area contributed by atoms with E-state index in [1.165, 1.54) is 12.1 Å². The van der Waals surface area contributed by atoms with Crippen molar-refractivity contribution in [3.63, 3.8) is 0 Å². The number of hydrogen-bond acceptors (Lipinski definition) is 4. The van der Waals surface area contributed by atoms with Crippen molar-refractivity contribution in [2.45, 2.75) is 38.0 Å². The van der Waals surface area contributed by atoms with E-state index >= 15 is 0 Å². The number of nitrogens with zero attached hydrogens (tertiary/aromatic N) is 1. The molecule has 1 aromatic heterocycles. The van der Waals surface area contributed by atoms with Gasteiger partial charge in [0.1, 0.15) is 10.7 Å². The summed E-state index contributed by atoms with van der Waals surface area (Å²) in [7, 11) is -3.88. The van der Waals surface area contributed by atoms with E-state index in [0.717, 1.165) is 0 Å². The fraction of sp³-hybridized carbons (Fsp3) is 0.357. The number of halogens is 2. The van der Waals surface area contributed by atoms with Crippen molar-refractivity contribution >= 4 is 39.0 Å². The van der Waals surface area contributed by atoms with Crippen LogP contribution in [0.2, 0.25) is 10.0 Å². The van der Waals surface area contributed by atoms with Gasteiger partial charge in [0.25, 0.3) is 10.0 Å². The molecule has 0 fully saturated rings. The zero-order chi connectivity index (χ0) is 16.7. The maximum atomic E-state index is 12.4. The highest BCUT2D eigenvalue weighted by atomic mass is 35.5. The molecule has 2 aromatic rings. The molecule has 1 aromatic carbocycles. The lowest BCUT2D eigenvalue weighted by atomic mass is 9.93. The summed E-state index contributed by atoms with van der Waals surface area (Å²) >= 11 is 11.9. The SMILES string of the molecule is Cc1cc(S(=O)(=O)Nc2cc(C(C)(C)C)on2)c(Cl)cc1Cl. The Hall–Kier alpha value is -1.24. The van der Waals surface area contributed by atoms with Crippen LogP contribution in [0.1, 0.15) is 32.1 Å². The number of anilines is 1. The second-order valence-corrected chi connectivity index (χ2v) is 8.43. The number of hydrogen-bond donors (Lipinski definition) is 1. The summed E-state index contributed by atoms with van der Waals surface area (Å²) in [4.78, 5) is -0.0589. The molecule has 0 aliphatic rings. The minimum Gasteiger partial charge on any atom is -0.359 e. The van der Waals surface area contributed by atoms with Crippen LogP contribution in [-0.4, -0.2) is 13.6 Å². The Labute approximate surface area is 139 Å². The standard InChI is InChI=1S/C14H16Cl2N2O3S/c1-8-5-11(10(16)6-9(8)15)22(19,20)18-13-7-12(21-17-13)14(2,3)4/h5-7H,1-4H3,(H,17,18). The highest BCUT2D eigenvalue weighted by molar-refractivity contribution is 7.92. The topological polar surface area (TPSA) is 72.2 Å². The lowest BCUT2D eigenvalue weighted by Crippen LogP contribution is -2.14. The lowest BCUT2D eigenvalue weighted by molar-refractivity contribution is 0.331. The van der Waals surface area contributed by atoms with Gasteiger partial charge in [-0.15, -0.1) is 0 Å². The van der Waals surface area contributed by atoms with Crippen molar-refractivity contribution in [3.8, 4) is 0 Å². The van der Waals surface area contributed by atoms with Crippen LogP contribution in [0, 0.1) is 6.92 Å². The van der Waals surface area contributed by atoms with E-state index in [1.54, 1.807) is 13.0 Å². The molecule has 0 bridgehead atoms. The molecular formula is C14H16Cl2N2O3S. The Morgan fingerprint density at radius 3 is 2.32 bits per heavy atom. The zero-order valence-electron chi connectivity index (χ0n) is 12.6. The number of nitrogens with one attached hydrogen (secondary N) is 1. The molecule has 0 radical (unpaired) electrons. The van der Waals surface area contributed by atoms with Crippen LogP contribution in [0.4, 0.5) is 5.82 Å². The van der Waals surface area contributed by atoms with Gasteiger partial charge in [-0.2, -0.15) is 0 Å². The van der Waals surface area contributed by atoms with E-state index < -0.39 is 10.0 Å². The largest absolute Gasteiger partial charge is 0.359 e. The van der Waals surface area contributed by atoms with Gasteiger partial charge in [0.05, 0.1) is 5.02 Å². The number of sulfonamides is 1. The molecule has 5 nitrogen and oxygen atoms in total. The maximum Gasteiger partial charge on any atom is 0.264 e. The third kappa shape index (κ3) is 3.56. The van der Waals surface area contributed by atoms with Crippen LogP contribution >= 0.6 is 23.2 Å². The number of aryl methyl sites for hydroxylation is 1. The number of rotatable bonds is 3. The molecule has 0 spiro atoms. The summed E-state index contributed by atoms with van der Waals surface area (Å²) in [6.45, 7) is 7.51. The van der Waals surface area contributed by atoms with Gasteiger partial charge < -0.3 is 4.52 Å². The Kier molecular flexibility index (Phi) is 4.48. The van der Waals surface area contributed by atoms with E-state index in [9.17, 15) is 8.42 Å². The summed E-state index contributed by atoms with van der Waals surface area (Å²) in [6, 6.07) is 4.36. The van der Waals surface area contributed by atoms with Crippen LogP contribution in [0.25, 0.3) is 0 Å². The third-order valence-corrected chi connectivity index (χ3v) is 5.22. The van der Waals surface area contributed by atoms with Gasteiger partial charge in [-0.25, -0.2) is 8.42 Å². The molecule has 120 valence electrons. The van der Waals surface area contributed by atoms with Gasteiger partial charge in [0, 0.05) is 16.5 Å². The van der Waals surface area contributed by atoms with E-state index in [4.69, 9.17) is 27.7 Å². The molecule has 0 unspecified atom stereocenters. The van der Waals surface area contributed by atoms with Gasteiger partial charge in [-0.1, -0.05) is 49.1 Å². The van der Waals surface area contributed by atoms with Crippen LogP contribution in [0.15, 0.2) is 27.6 Å². The van der Waals surface area contributed by atoms with Gasteiger partial charge in [-0.3, -0.25) is 4.72 Å². The summed E-state index contributed by atoms with van der Waals surface area (Å²) < 4.78 is 32.4. The molecule has 1 heterocycles. The lowest BCUT2D eigenvalue weighted by Gasteiger charge is -2.12. The Balaban J connectivity index is 2.36. The predicted molar refractivity (Wildman–Crippen MR) is 87.2 cm³/mol. The van der Waals surface area contributed by atoms with Crippen molar-refractivity contribution in [3.05, 3.63) is 39.6 Å². The first-order valence-corrected chi connectivity index (χ1v) is 8.70. The minimum atomic E-state index is -3.88. The predicted octanol–water partition coefficient (Wildman–Crippen LogP) is 4.39. The zero-order valence-corrected chi connectivity index (χ0v) is 14.9. The first-order valence-electron chi connectivity index (χ1n) is 6.46. The van der Waals surface area contributed by atoms with Crippen LogP contribution < -0.4 is 4.72 Å². The summed E-state index contributed by atoms with van der Waals surface area (Å²) in [5.74, 6) is 0.678. The average molecular weight is 363 g/mol. The monoisotopic (exact) mass is 362 g/mol. The molecule has 8 heteroatoms. The highest BCUT2D eigenvalue weighted by Gasteiger charge is 2.24. The molecular weight excluding hydrogens is 347 g/mol. The van der Waals surface area contributed by atoms with E-state index in [2.05, 4.69) is 9.88 Å². The minimum absolute atomic E-state index is 0.0441. The summed E-state index contributed by atoms with van der Waals surface area (Å²) in [5, 5.41) is 4.18. The van der Waals surface area contributed by atoms with Crippen LogP contribution in [0.5, 0.6) is 0 Å². The Morgan fingerprint density at radius 1 is 1.14 bits per heavy atom. The summed E-state index contributed by atoms with van der Waals surface area (Å²) in [5.41, 5.74) is 0.340. The second-order valence-electron chi connectivity index (χ2n) is 5.96. The molecule has 0 amide bonds. The molecule has 0 atom stereocenters. The average Bonchev–Trinajstić information content (AvgIpc) is 2.81. The Bertz CT molecular complexity index is 808. The van der Waals surface area contributed by atoms with Gasteiger partial charge >= 0.3 is 0 Å². The molecule has 2 rings (SSSR count).